The molecule has 1 aliphatic rings. The maximum absolute atomic E-state index is 12.1. The average Bonchev–Trinajstić information content (AvgIpc) is 2.80. The van der Waals surface area contributed by atoms with E-state index in [2.05, 4.69) is 5.43 Å². The van der Waals surface area contributed by atoms with Crippen LogP contribution in [0.25, 0.3) is 0 Å². The molecule has 1 aliphatic heterocycles. The van der Waals surface area contributed by atoms with Gasteiger partial charge >= 0.3 is 0 Å². The Morgan fingerprint density at radius 2 is 1.52 bits per heavy atom. The Labute approximate surface area is 137 Å². The van der Waals surface area contributed by atoms with E-state index in [1.165, 1.54) is 0 Å². The highest BCUT2D eigenvalue weighted by molar-refractivity contribution is 6.31. The van der Waals surface area contributed by atoms with Gasteiger partial charge in [-0.15, -0.1) is 0 Å². The fourth-order valence-electron chi connectivity index (χ4n) is 2.42. The lowest BCUT2D eigenvalue weighted by Gasteiger charge is -2.15. The molecule has 0 aliphatic carbocycles. The number of amides is 3. The summed E-state index contributed by atoms with van der Waals surface area (Å²) in [5.74, 6) is -1.45. The smallest absolute Gasteiger partial charge is 0.273 e. The van der Waals surface area contributed by atoms with Crippen molar-refractivity contribution in [2.24, 2.45) is 0 Å². The van der Waals surface area contributed by atoms with Crippen LogP contribution in [-0.2, 0) is 11.2 Å². The van der Waals surface area contributed by atoms with Crippen LogP contribution in [0, 0.1) is 0 Å². The van der Waals surface area contributed by atoms with Gasteiger partial charge in [0.15, 0.2) is 0 Å². The predicted octanol–water partition coefficient (Wildman–Crippen LogP) is 2.60. The minimum absolute atomic E-state index is 0.122. The van der Waals surface area contributed by atoms with Gasteiger partial charge in [-0.25, -0.2) is 0 Å². The summed E-state index contributed by atoms with van der Waals surface area (Å²) in [7, 11) is 0. The van der Waals surface area contributed by atoms with Crippen LogP contribution in [0.15, 0.2) is 48.5 Å². The van der Waals surface area contributed by atoms with Crippen molar-refractivity contribution in [2.75, 3.05) is 0 Å². The highest BCUT2D eigenvalue weighted by Crippen LogP contribution is 2.21. The van der Waals surface area contributed by atoms with Crippen molar-refractivity contribution < 1.29 is 14.4 Å². The summed E-state index contributed by atoms with van der Waals surface area (Å²) in [6.07, 6.45) is 0.547. The molecule has 1 heterocycles. The average molecular weight is 329 g/mol. The monoisotopic (exact) mass is 328 g/mol. The molecule has 6 heteroatoms. The molecule has 116 valence electrons. The largest absolute Gasteiger partial charge is 0.280 e. The Morgan fingerprint density at radius 3 is 2.13 bits per heavy atom. The zero-order chi connectivity index (χ0) is 16.4. The first-order chi connectivity index (χ1) is 11.1. The van der Waals surface area contributed by atoms with Crippen molar-refractivity contribution in [2.45, 2.75) is 12.8 Å². The lowest BCUT2D eigenvalue weighted by Crippen LogP contribution is -2.45. The summed E-state index contributed by atoms with van der Waals surface area (Å²) < 4.78 is 0. The Bertz CT molecular complexity index is 769. The van der Waals surface area contributed by atoms with Crippen LogP contribution >= 0.6 is 11.6 Å². The number of hydrogen-bond acceptors (Lipinski definition) is 3. The molecule has 1 N–H and O–H groups in total. The molecule has 0 bridgehead atoms. The van der Waals surface area contributed by atoms with Gasteiger partial charge in [-0.1, -0.05) is 41.9 Å². The fourth-order valence-corrected chi connectivity index (χ4v) is 2.65. The summed E-state index contributed by atoms with van der Waals surface area (Å²) in [5.41, 5.74) is 3.80. The zero-order valence-electron chi connectivity index (χ0n) is 12.1. The van der Waals surface area contributed by atoms with Crippen molar-refractivity contribution in [1.29, 1.82) is 0 Å². The molecule has 0 radical (unpaired) electrons. The highest BCUT2D eigenvalue weighted by Gasteiger charge is 2.36. The van der Waals surface area contributed by atoms with Crippen LogP contribution in [0.2, 0.25) is 5.02 Å². The number of halogens is 1. The topological polar surface area (TPSA) is 66.5 Å². The highest BCUT2D eigenvalue weighted by atomic mass is 35.5. The van der Waals surface area contributed by atoms with Gasteiger partial charge in [0.05, 0.1) is 11.1 Å². The molecule has 23 heavy (non-hydrogen) atoms. The van der Waals surface area contributed by atoms with E-state index in [4.69, 9.17) is 11.6 Å². The number of benzene rings is 2. The van der Waals surface area contributed by atoms with Crippen LogP contribution in [0.4, 0.5) is 0 Å². The maximum atomic E-state index is 12.1. The third kappa shape index (κ3) is 2.96. The molecule has 2 aromatic carbocycles. The number of fused-ring (bicyclic) bond motifs is 1. The second-order valence-electron chi connectivity index (χ2n) is 5.12. The first kappa shape index (κ1) is 15.2. The van der Waals surface area contributed by atoms with E-state index >= 15 is 0 Å². The van der Waals surface area contributed by atoms with E-state index in [1.807, 2.05) is 18.2 Å². The Balaban J connectivity index is 1.64. The molecule has 3 rings (SSSR count). The maximum Gasteiger partial charge on any atom is 0.280 e. The van der Waals surface area contributed by atoms with Crippen LogP contribution in [0.3, 0.4) is 0 Å². The molecule has 0 spiro atoms. The molecule has 0 atom stereocenters. The minimum Gasteiger partial charge on any atom is -0.273 e. The third-order valence-electron chi connectivity index (χ3n) is 3.61. The number of carbonyl (C=O) groups is 3. The van der Waals surface area contributed by atoms with Crippen molar-refractivity contribution in [1.82, 2.24) is 10.4 Å². The van der Waals surface area contributed by atoms with Crippen LogP contribution in [-0.4, -0.2) is 22.7 Å². The van der Waals surface area contributed by atoms with Gasteiger partial charge in [0.25, 0.3) is 11.8 Å². The first-order valence-corrected chi connectivity index (χ1v) is 7.46. The standard InChI is InChI=1S/C17H13ClN2O3/c18-14-8-4-1-5-11(14)9-10-15(21)19-20-16(22)12-6-2-3-7-13(12)17(20)23/h1-8H,9-10H2,(H,19,21). The molecular weight excluding hydrogens is 316 g/mol. The number of hydrogen-bond donors (Lipinski definition) is 1. The van der Waals surface area contributed by atoms with E-state index in [9.17, 15) is 14.4 Å². The number of hydrazine groups is 1. The van der Waals surface area contributed by atoms with Gasteiger partial charge < -0.3 is 0 Å². The van der Waals surface area contributed by atoms with Crippen LogP contribution in [0.1, 0.15) is 32.7 Å². The summed E-state index contributed by atoms with van der Waals surface area (Å²) >= 11 is 6.03. The van der Waals surface area contributed by atoms with Crippen LogP contribution < -0.4 is 5.43 Å². The summed E-state index contributed by atoms with van der Waals surface area (Å²) in [5, 5.41) is 1.35. The van der Waals surface area contributed by atoms with Crippen molar-refractivity contribution in [3.63, 3.8) is 0 Å². The van der Waals surface area contributed by atoms with Gasteiger partial charge in [0.2, 0.25) is 5.91 Å². The number of aryl methyl sites for hydroxylation is 1. The van der Waals surface area contributed by atoms with Gasteiger partial charge in [0.1, 0.15) is 0 Å². The molecule has 0 unspecified atom stereocenters. The summed E-state index contributed by atoms with van der Waals surface area (Å²) in [4.78, 5) is 36.3. The quantitative estimate of drug-likeness (QED) is 0.877. The molecule has 0 fully saturated rings. The van der Waals surface area contributed by atoms with E-state index in [0.29, 0.717) is 22.6 Å². The van der Waals surface area contributed by atoms with E-state index < -0.39 is 17.7 Å². The molecule has 0 saturated carbocycles. The van der Waals surface area contributed by atoms with Crippen molar-refractivity contribution >= 4 is 29.3 Å². The number of nitrogens with one attached hydrogen (secondary N) is 1. The minimum atomic E-state index is -0.517. The number of carbonyl (C=O) groups excluding carboxylic acids is 3. The second kappa shape index (κ2) is 6.22. The van der Waals surface area contributed by atoms with Gasteiger partial charge in [0, 0.05) is 11.4 Å². The Morgan fingerprint density at radius 1 is 0.957 bits per heavy atom. The van der Waals surface area contributed by atoms with Crippen molar-refractivity contribution in [3.8, 4) is 0 Å². The molecule has 2 aromatic rings. The van der Waals surface area contributed by atoms with Crippen molar-refractivity contribution in [3.05, 3.63) is 70.2 Å². The summed E-state index contributed by atoms with van der Waals surface area (Å²) in [6, 6.07) is 13.7. The molecule has 5 nitrogen and oxygen atoms in total. The van der Waals surface area contributed by atoms with E-state index in [0.717, 1.165) is 10.6 Å². The van der Waals surface area contributed by atoms with Crippen LogP contribution in [0.5, 0.6) is 0 Å². The zero-order valence-corrected chi connectivity index (χ0v) is 12.8. The molecule has 0 saturated heterocycles. The third-order valence-corrected chi connectivity index (χ3v) is 3.98. The number of nitrogens with zero attached hydrogens (tertiary/aromatic N) is 1. The lowest BCUT2D eigenvalue weighted by molar-refractivity contribution is -0.124. The number of imide groups is 1. The second-order valence-corrected chi connectivity index (χ2v) is 5.52. The van der Waals surface area contributed by atoms with Gasteiger partial charge in [-0.3, -0.25) is 19.8 Å². The molecular formula is C17H13ClN2O3. The number of rotatable bonds is 4. The molecule has 3 amide bonds. The van der Waals surface area contributed by atoms with Gasteiger partial charge in [-0.05, 0) is 30.2 Å². The van der Waals surface area contributed by atoms with Gasteiger partial charge in [-0.2, -0.15) is 5.01 Å². The Kier molecular flexibility index (Phi) is 4.12. The first-order valence-electron chi connectivity index (χ1n) is 7.08. The van der Waals surface area contributed by atoms with E-state index in [1.54, 1.807) is 30.3 Å². The Hall–Kier alpha value is -2.66. The SMILES string of the molecule is O=C(CCc1ccccc1Cl)NN1C(=O)c2ccccc2C1=O. The lowest BCUT2D eigenvalue weighted by atomic mass is 10.1. The summed E-state index contributed by atoms with van der Waals surface area (Å²) in [6.45, 7) is 0. The molecule has 0 aromatic heterocycles. The van der Waals surface area contributed by atoms with E-state index in [-0.39, 0.29) is 6.42 Å². The fraction of sp³-hybridized carbons (Fsp3) is 0.118. The normalized spacial score (nSPS) is 13.2. The predicted molar refractivity (Wildman–Crippen MR) is 84.9 cm³/mol.